The van der Waals surface area contributed by atoms with Crippen molar-refractivity contribution in [2.75, 3.05) is 20.6 Å². The second kappa shape index (κ2) is 5.93. The first-order valence-corrected chi connectivity index (χ1v) is 7.71. The van der Waals surface area contributed by atoms with Crippen LogP contribution in [0.1, 0.15) is 16.7 Å². The first kappa shape index (κ1) is 14.8. The van der Waals surface area contributed by atoms with Crippen molar-refractivity contribution in [2.24, 2.45) is 0 Å². The highest BCUT2D eigenvalue weighted by Gasteiger charge is 2.43. The highest BCUT2D eigenvalue weighted by Crippen LogP contribution is 2.41. The number of hydrogen-bond donors (Lipinski definition) is 1. The fourth-order valence-corrected chi connectivity index (χ4v) is 3.49. The van der Waals surface area contributed by atoms with Gasteiger partial charge in [0.05, 0.1) is 12.1 Å². The van der Waals surface area contributed by atoms with E-state index in [1.54, 1.807) is 0 Å². The van der Waals surface area contributed by atoms with E-state index in [0.29, 0.717) is 6.54 Å². The van der Waals surface area contributed by atoms with Gasteiger partial charge >= 0.3 is 0 Å². The Morgan fingerprint density at radius 3 is 2.14 bits per heavy atom. The first-order valence-electron chi connectivity index (χ1n) is 7.71. The number of likely N-dealkylation sites (N-methyl/N-ethyl adjacent to an activating group) is 2. The van der Waals surface area contributed by atoms with Crippen LogP contribution >= 0.6 is 0 Å². The van der Waals surface area contributed by atoms with Crippen molar-refractivity contribution in [3.8, 4) is 0 Å². The first-order chi connectivity index (χ1) is 10.7. The fraction of sp³-hybridized carbons (Fsp3) is 0.316. The van der Waals surface area contributed by atoms with Gasteiger partial charge in [-0.25, -0.2) is 0 Å². The van der Waals surface area contributed by atoms with Crippen molar-refractivity contribution in [2.45, 2.75) is 18.4 Å². The van der Waals surface area contributed by atoms with Crippen LogP contribution in [0.25, 0.3) is 0 Å². The molecular formula is C19H22N2O. The van der Waals surface area contributed by atoms with Crippen LogP contribution in [0.4, 0.5) is 0 Å². The molecule has 1 aliphatic rings. The van der Waals surface area contributed by atoms with E-state index in [0.717, 1.165) is 12.8 Å². The van der Waals surface area contributed by atoms with Gasteiger partial charge in [-0.15, -0.1) is 0 Å². The molecule has 0 saturated heterocycles. The summed E-state index contributed by atoms with van der Waals surface area (Å²) in [5.74, 6) is 0.124. The van der Waals surface area contributed by atoms with Gasteiger partial charge in [0.15, 0.2) is 0 Å². The predicted molar refractivity (Wildman–Crippen MR) is 88.7 cm³/mol. The average molecular weight is 294 g/mol. The molecule has 0 heterocycles. The number of hydrogen-bond acceptors (Lipinski definition) is 2. The normalized spacial score (nSPS) is 15.4. The Bertz CT molecular complexity index is 641. The van der Waals surface area contributed by atoms with Gasteiger partial charge in [0.1, 0.15) is 0 Å². The zero-order valence-electron chi connectivity index (χ0n) is 13.2. The lowest BCUT2D eigenvalue weighted by Crippen LogP contribution is -2.50. The minimum atomic E-state index is -0.279. The Morgan fingerprint density at radius 1 is 1.05 bits per heavy atom. The van der Waals surface area contributed by atoms with Crippen molar-refractivity contribution in [1.82, 2.24) is 10.2 Å². The zero-order valence-corrected chi connectivity index (χ0v) is 13.2. The molecule has 1 aliphatic carbocycles. The maximum absolute atomic E-state index is 12.5. The molecule has 0 radical (unpaired) electrons. The maximum atomic E-state index is 12.5. The fourth-order valence-electron chi connectivity index (χ4n) is 3.49. The molecule has 0 atom stereocenters. The topological polar surface area (TPSA) is 32.3 Å². The van der Waals surface area contributed by atoms with E-state index in [2.05, 4.69) is 53.8 Å². The number of nitrogens with zero attached hydrogens (tertiary/aromatic N) is 1. The smallest absolute Gasteiger partial charge is 0.237 e. The second-order valence-electron chi connectivity index (χ2n) is 6.00. The van der Waals surface area contributed by atoms with Crippen LogP contribution < -0.4 is 5.32 Å². The van der Waals surface area contributed by atoms with Crippen LogP contribution in [-0.4, -0.2) is 31.4 Å². The Hall–Kier alpha value is -2.13. The number of carbonyl (C=O) groups is 1. The van der Waals surface area contributed by atoms with E-state index in [1.807, 2.05) is 25.1 Å². The molecule has 0 aromatic heterocycles. The SMILES string of the molecule is CNCC(=O)N(C)C1(c2ccccc2)Cc2ccccc2C1. The molecule has 1 N–H and O–H groups in total. The molecule has 3 heteroatoms. The minimum Gasteiger partial charge on any atom is -0.334 e. The van der Waals surface area contributed by atoms with Gasteiger partial charge < -0.3 is 10.2 Å². The van der Waals surface area contributed by atoms with Crippen molar-refractivity contribution >= 4 is 5.91 Å². The summed E-state index contributed by atoms with van der Waals surface area (Å²) in [7, 11) is 3.74. The van der Waals surface area contributed by atoms with E-state index < -0.39 is 0 Å². The van der Waals surface area contributed by atoms with Crippen LogP contribution in [-0.2, 0) is 23.2 Å². The molecule has 0 aliphatic heterocycles. The van der Waals surface area contributed by atoms with Crippen molar-refractivity contribution in [3.05, 3.63) is 71.3 Å². The molecule has 2 aromatic carbocycles. The van der Waals surface area contributed by atoms with Gasteiger partial charge in [0, 0.05) is 19.9 Å². The Kier molecular flexibility index (Phi) is 3.99. The lowest BCUT2D eigenvalue weighted by molar-refractivity contribution is -0.134. The lowest BCUT2D eigenvalue weighted by atomic mass is 9.85. The number of rotatable bonds is 4. The van der Waals surface area contributed by atoms with Gasteiger partial charge in [-0.05, 0) is 23.7 Å². The second-order valence-corrected chi connectivity index (χ2v) is 6.00. The van der Waals surface area contributed by atoms with Gasteiger partial charge in [0.2, 0.25) is 5.91 Å². The van der Waals surface area contributed by atoms with Crippen LogP contribution in [0.2, 0.25) is 0 Å². The van der Waals surface area contributed by atoms with Crippen LogP contribution in [0.5, 0.6) is 0 Å². The van der Waals surface area contributed by atoms with E-state index in [9.17, 15) is 4.79 Å². The molecular weight excluding hydrogens is 272 g/mol. The summed E-state index contributed by atoms with van der Waals surface area (Å²) < 4.78 is 0. The third-order valence-corrected chi connectivity index (χ3v) is 4.74. The van der Waals surface area contributed by atoms with Crippen molar-refractivity contribution in [3.63, 3.8) is 0 Å². The summed E-state index contributed by atoms with van der Waals surface area (Å²) in [5.41, 5.74) is 3.61. The van der Waals surface area contributed by atoms with Crippen LogP contribution in [0, 0.1) is 0 Å². The molecule has 3 rings (SSSR count). The number of nitrogens with one attached hydrogen (secondary N) is 1. The zero-order chi connectivity index (χ0) is 15.6. The van der Waals surface area contributed by atoms with Gasteiger partial charge in [-0.2, -0.15) is 0 Å². The largest absolute Gasteiger partial charge is 0.334 e. The van der Waals surface area contributed by atoms with Crippen LogP contribution in [0.3, 0.4) is 0 Å². The highest BCUT2D eigenvalue weighted by atomic mass is 16.2. The van der Waals surface area contributed by atoms with E-state index in [-0.39, 0.29) is 11.4 Å². The van der Waals surface area contributed by atoms with Crippen molar-refractivity contribution in [1.29, 1.82) is 0 Å². The Labute approximate surface area is 132 Å². The lowest BCUT2D eigenvalue weighted by Gasteiger charge is -2.39. The summed E-state index contributed by atoms with van der Waals surface area (Å²) >= 11 is 0. The number of benzene rings is 2. The highest BCUT2D eigenvalue weighted by molar-refractivity contribution is 5.79. The molecule has 1 amide bonds. The Morgan fingerprint density at radius 2 is 1.59 bits per heavy atom. The third kappa shape index (κ3) is 2.42. The summed E-state index contributed by atoms with van der Waals surface area (Å²) in [5, 5.41) is 2.97. The summed E-state index contributed by atoms with van der Waals surface area (Å²) in [4.78, 5) is 14.5. The van der Waals surface area contributed by atoms with Crippen molar-refractivity contribution < 1.29 is 4.79 Å². The van der Waals surface area contributed by atoms with Gasteiger partial charge in [-0.3, -0.25) is 4.79 Å². The molecule has 0 bridgehead atoms. The number of carbonyl (C=O) groups excluding carboxylic acids is 1. The average Bonchev–Trinajstić information content (AvgIpc) is 2.96. The maximum Gasteiger partial charge on any atom is 0.237 e. The predicted octanol–water partition coefficient (Wildman–Crippen LogP) is 2.36. The molecule has 0 saturated carbocycles. The summed E-state index contributed by atoms with van der Waals surface area (Å²) in [6.45, 7) is 0.363. The quantitative estimate of drug-likeness (QED) is 0.939. The molecule has 114 valence electrons. The molecule has 0 spiro atoms. The Balaban J connectivity index is 2.04. The van der Waals surface area contributed by atoms with E-state index in [4.69, 9.17) is 0 Å². The monoisotopic (exact) mass is 294 g/mol. The number of fused-ring (bicyclic) bond motifs is 1. The number of amides is 1. The van der Waals surface area contributed by atoms with Crippen LogP contribution in [0.15, 0.2) is 54.6 Å². The standard InChI is InChI=1S/C19H22N2O/c1-20-14-18(22)21(2)19(17-10-4-3-5-11-17)12-15-8-6-7-9-16(15)13-19/h3-11,20H,12-14H2,1-2H3. The third-order valence-electron chi connectivity index (χ3n) is 4.74. The van der Waals surface area contributed by atoms with Gasteiger partial charge in [0.25, 0.3) is 0 Å². The molecule has 0 fully saturated rings. The van der Waals surface area contributed by atoms with Gasteiger partial charge in [-0.1, -0.05) is 54.6 Å². The minimum absolute atomic E-state index is 0.124. The molecule has 3 nitrogen and oxygen atoms in total. The molecule has 22 heavy (non-hydrogen) atoms. The van der Waals surface area contributed by atoms with E-state index in [1.165, 1.54) is 16.7 Å². The molecule has 2 aromatic rings. The summed E-state index contributed by atoms with van der Waals surface area (Å²) in [6, 6.07) is 18.9. The summed E-state index contributed by atoms with van der Waals surface area (Å²) in [6.07, 6.45) is 1.75. The van der Waals surface area contributed by atoms with E-state index >= 15 is 0 Å². The molecule has 0 unspecified atom stereocenters.